The molecule has 0 saturated heterocycles. The fraction of sp³-hybridized carbons (Fsp3) is 0.812. The summed E-state index contributed by atoms with van der Waals surface area (Å²) in [6, 6.07) is 2.85. The van der Waals surface area contributed by atoms with Crippen LogP contribution < -0.4 is 5.32 Å². The van der Waals surface area contributed by atoms with Gasteiger partial charge in [0.25, 0.3) is 0 Å². The Balaban J connectivity index is 2.73. The predicted octanol–water partition coefficient (Wildman–Crippen LogP) is 3.42. The molecular weight excluding hydrogens is 234 g/mol. The number of rotatable bonds is 8. The minimum Gasteiger partial charge on any atom is -0.315 e. The van der Waals surface area contributed by atoms with Crippen LogP contribution in [0.1, 0.15) is 59.4 Å². The first-order valence-electron chi connectivity index (χ1n) is 7.70. The summed E-state index contributed by atoms with van der Waals surface area (Å²) in [5.41, 5.74) is 2.90. The monoisotopic (exact) mass is 265 g/mol. The molecule has 1 aromatic rings. The summed E-state index contributed by atoms with van der Waals surface area (Å²) in [6.45, 7) is 15.5. The molecule has 0 aliphatic carbocycles. The Hall–Kier alpha value is -0.830. The van der Waals surface area contributed by atoms with Gasteiger partial charge in [-0.25, -0.2) is 0 Å². The van der Waals surface area contributed by atoms with Crippen LogP contribution in [0.4, 0.5) is 0 Å². The predicted molar refractivity (Wildman–Crippen MR) is 82.5 cm³/mol. The zero-order chi connectivity index (χ0) is 14.5. The van der Waals surface area contributed by atoms with Gasteiger partial charge in [0.1, 0.15) is 0 Å². The van der Waals surface area contributed by atoms with E-state index in [1.54, 1.807) is 0 Å². The second-order valence-corrected chi connectivity index (χ2v) is 6.30. The third kappa shape index (κ3) is 4.98. The SMILES string of the molecule is CCNC(C)CC(C)(C)Cc1cc(CC)nn1CC. The van der Waals surface area contributed by atoms with E-state index in [2.05, 4.69) is 62.7 Å². The largest absolute Gasteiger partial charge is 0.315 e. The Bertz CT molecular complexity index is 379. The van der Waals surface area contributed by atoms with Crippen molar-refractivity contribution in [2.75, 3.05) is 6.54 Å². The van der Waals surface area contributed by atoms with Crippen molar-refractivity contribution in [3.63, 3.8) is 0 Å². The van der Waals surface area contributed by atoms with Crippen molar-refractivity contribution < 1.29 is 0 Å². The summed E-state index contributed by atoms with van der Waals surface area (Å²) >= 11 is 0. The first-order valence-corrected chi connectivity index (χ1v) is 7.70. The fourth-order valence-corrected chi connectivity index (χ4v) is 2.92. The second-order valence-electron chi connectivity index (χ2n) is 6.30. The zero-order valence-electron chi connectivity index (χ0n) is 13.6. The molecule has 0 amide bonds. The molecule has 19 heavy (non-hydrogen) atoms. The molecule has 1 heterocycles. The molecule has 1 unspecified atom stereocenters. The fourth-order valence-electron chi connectivity index (χ4n) is 2.92. The van der Waals surface area contributed by atoms with E-state index in [0.717, 1.165) is 25.9 Å². The summed E-state index contributed by atoms with van der Waals surface area (Å²) in [4.78, 5) is 0. The summed E-state index contributed by atoms with van der Waals surface area (Å²) in [5.74, 6) is 0. The van der Waals surface area contributed by atoms with Gasteiger partial charge in [-0.05, 0) is 51.1 Å². The van der Waals surface area contributed by atoms with Crippen LogP contribution in [0.2, 0.25) is 0 Å². The maximum atomic E-state index is 4.65. The van der Waals surface area contributed by atoms with Crippen molar-refractivity contribution in [3.05, 3.63) is 17.5 Å². The van der Waals surface area contributed by atoms with Gasteiger partial charge in [0, 0.05) is 18.3 Å². The number of aromatic nitrogens is 2. The molecular formula is C16H31N3. The van der Waals surface area contributed by atoms with Crippen molar-refractivity contribution in [1.29, 1.82) is 0 Å². The smallest absolute Gasteiger partial charge is 0.0624 e. The highest BCUT2D eigenvalue weighted by Gasteiger charge is 2.23. The van der Waals surface area contributed by atoms with Crippen molar-refractivity contribution in [2.24, 2.45) is 5.41 Å². The lowest BCUT2D eigenvalue weighted by atomic mass is 9.81. The molecule has 0 aromatic carbocycles. The first-order chi connectivity index (χ1) is 8.91. The summed E-state index contributed by atoms with van der Waals surface area (Å²) < 4.78 is 2.17. The highest BCUT2D eigenvalue weighted by molar-refractivity contribution is 5.12. The molecule has 1 atom stereocenters. The highest BCUT2D eigenvalue weighted by Crippen LogP contribution is 2.28. The van der Waals surface area contributed by atoms with E-state index < -0.39 is 0 Å². The average Bonchev–Trinajstić information content (AvgIpc) is 2.69. The molecule has 0 fully saturated rings. The molecule has 0 radical (unpaired) electrons. The second kappa shape index (κ2) is 7.09. The Morgan fingerprint density at radius 3 is 2.53 bits per heavy atom. The van der Waals surface area contributed by atoms with E-state index in [0.29, 0.717) is 11.5 Å². The molecule has 0 aliphatic rings. The molecule has 3 heteroatoms. The summed E-state index contributed by atoms with van der Waals surface area (Å²) in [7, 11) is 0. The normalized spacial score (nSPS) is 13.8. The summed E-state index contributed by atoms with van der Waals surface area (Å²) in [5, 5.41) is 8.16. The summed E-state index contributed by atoms with van der Waals surface area (Å²) in [6.07, 6.45) is 3.31. The Kier molecular flexibility index (Phi) is 6.05. The van der Waals surface area contributed by atoms with Gasteiger partial charge in [-0.15, -0.1) is 0 Å². The van der Waals surface area contributed by atoms with E-state index >= 15 is 0 Å². The van der Waals surface area contributed by atoms with Crippen LogP contribution >= 0.6 is 0 Å². The van der Waals surface area contributed by atoms with Crippen LogP contribution in [-0.4, -0.2) is 22.4 Å². The van der Waals surface area contributed by atoms with Gasteiger partial charge in [-0.2, -0.15) is 5.10 Å². The van der Waals surface area contributed by atoms with Crippen molar-refractivity contribution >= 4 is 0 Å². The lowest BCUT2D eigenvalue weighted by Crippen LogP contribution is -2.32. The van der Waals surface area contributed by atoms with Crippen molar-refractivity contribution in [1.82, 2.24) is 15.1 Å². The molecule has 1 aromatic heterocycles. The van der Waals surface area contributed by atoms with Gasteiger partial charge in [0.05, 0.1) is 5.69 Å². The highest BCUT2D eigenvalue weighted by atomic mass is 15.3. The molecule has 0 bridgehead atoms. The standard InChI is InChI=1S/C16H31N3/c1-7-14-10-15(19(9-3)18-14)12-16(5,6)11-13(4)17-8-2/h10,13,17H,7-9,11-12H2,1-6H3. The topological polar surface area (TPSA) is 29.9 Å². The van der Waals surface area contributed by atoms with Crippen LogP contribution in [0.5, 0.6) is 0 Å². The lowest BCUT2D eigenvalue weighted by molar-refractivity contribution is 0.282. The molecule has 110 valence electrons. The molecule has 3 nitrogen and oxygen atoms in total. The molecule has 0 aliphatic heterocycles. The third-order valence-electron chi connectivity index (χ3n) is 3.65. The average molecular weight is 265 g/mol. The molecule has 0 spiro atoms. The van der Waals surface area contributed by atoms with Crippen molar-refractivity contribution in [3.8, 4) is 0 Å². The van der Waals surface area contributed by atoms with Gasteiger partial charge >= 0.3 is 0 Å². The van der Waals surface area contributed by atoms with E-state index in [1.165, 1.54) is 17.8 Å². The van der Waals surface area contributed by atoms with Crippen LogP contribution in [-0.2, 0) is 19.4 Å². The van der Waals surface area contributed by atoms with E-state index in [1.807, 2.05) is 0 Å². The number of nitrogens with one attached hydrogen (secondary N) is 1. The maximum Gasteiger partial charge on any atom is 0.0624 e. The maximum absolute atomic E-state index is 4.65. The molecule has 1 rings (SSSR count). The number of hydrogen-bond acceptors (Lipinski definition) is 2. The van der Waals surface area contributed by atoms with Gasteiger partial charge in [0.15, 0.2) is 0 Å². The van der Waals surface area contributed by atoms with Crippen LogP contribution in [0.25, 0.3) is 0 Å². The van der Waals surface area contributed by atoms with Gasteiger partial charge in [0.2, 0.25) is 0 Å². The van der Waals surface area contributed by atoms with E-state index in [9.17, 15) is 0 Å². The van der Waals surface area contributed by atoms with Crippen molar-refractivity contribution in [2.45, 2.75) is 73.4 Å². The zero-order valence-corrected chi connectivity index (χ0v) is 13.6. The molecule has 0 saturated carbocycles. The lowest BCUT2D eigenvalue weighted by Gasteiger charge is -2.28. The Morgan fingerprint density at radius 1 is 1.32 bits per heavy atom. The van der Waals surface area contributed by atoms with Gasteiger partial charge in [-0.3, -0.25) is 4.68 Å². The minimum absolute atomic E-state index is 0.305. The number of aryl methyl sites for hydroxylation is 2. The van der Waals surface area contributed by atoms with E-state index in [-0.39, 0.29) is 0 Å². The number of nitrogens with zero attached hydrogens (tertiary/aromatic N) is 2. The number of hydrogen-bond donors (Lipinski definition) is 1. The van der Waals surface area contributed by atoms with Crippen LogP contribution in [0.15, 0.2) is 6.07 Å². The van der Waals surface area contributed by atoms with Gasteiger partial charge in [-0.1, -0.05) is 27.7 Å². The van der Waals surface area contributed by atoms with Crippen LogP contribution in [0.3, 0.4) is 0 Å². The van der Waals surface area contributed by atoms with Gasteiger partial charge < -0.3 is 5.32 Å². The molecule has 1 N–H and O–H groups in total. The third-order valence-corrected chi connectivity index (χ3v) is 3.65. The Morgan fingerprint density at radius 2 is 2.00 bits per heavy atom. The van der Waals surface area contributed by atoms with E-state index in [4.69, 9.17) is 0 Å². The first kappa shape index (κ1) is 16.2. The quantitative estimate of drug-likeness (QED) is 0.780. The van der Waals surface area contributed by atoms with Crippen LogP contribution in [0, 0.1) is 5.41 Å². The minimum atomic E-state index is 0.305. The Labute approximate surface area is 118 Å².